The minimum Gasteiger partial charge on any atom is -0.385 e. The van der Waals surface area contributed by atoms with Gasteiger partial charge in [0.15, 0.2) is 11.6 Å². The van der Waals surface area contributed by atoms with Gasteiger partial charge in [-0.05, 0) is 18.6 Å². The molecule has 1 aromatic rings. The molecule has 0 aliphatic heterocycles. The molecule has 0 spiro atoms. The van der Waals surface area contributed by atoms with Crippen LogP contribution in [0.1, 0.15) is 12.0 Å². The molecule has 0 bridgehead atoms. The number of rotatable bonds is 5. The summed E-state index contributed by atoms with van der Waals surface area (Å²) in [7, 11) is 1.56. The first kappa shape index (κ1) is 12.4. The van der Waals surface area contributed by atoms with Gasteiger partial charge in [-0.1, -0.05) is 0 Å². The third-order valence-electron chi connectivity index (χ3n) is 2.00. The molecule has 0 saturated heterocycles. The van der Waals surface area contributed by atoms with Gasteiger partial charge in [-0.2, -0.15) is 5.26 Å². The Labute approximate surface area is 92.6 Å². The van der Waals surface area contributed by atoms with Crippen LogP contribution in [-0.4, -0.2) is 20.3 Å². The van der Waals surface area contributed by atoms with Crippen molar-refractivity contribution in [3.05, 3.63) is 29.3 Å². The first-order chi connectivity index (χ1) is 7.69. The smallest absolute Gasteiger partial charge is 0.150 e. The standard InChI is InChI=1S/C11H12F2N2O/c1-16-4-2-3-15-11-9(12)5-8(7-14)6-10(11)13/h5-6,15H,2-4H2,1H3. The quantitative estimate of drug-likeness (QED) is 0.783. The number of hydrogen-bond acceptors (Lipinski definition) is 3. The van der Waals surface area contributed by atoms with Crippen molar-refractivity contribution in [3.8, 4) is 6.07 Å². The van der Waals surface area contributed by atoms with Gasteiger partial charge in [0.05, 0.1) is 11.6 Å². The number of benzene rings is 1. The Hall–Kier alpha value is -1.67. The maximum Gasteiger partial charge on any atom is 0.150 e. The number of nitrogens with zero attached hydrogens (tertiary/aromatic N) is 1. The van der Waals surface area contributed by atoms with E-state index in [1.807, 2.05) is 0 Å². The number of hydrogen-bond donors (Lipinski definition) is 1. The Balaban J connectivity index is 2.70. The summed E-state index contributed by atoms with van der Waals surface area (Å²) >= 11 is 0. The summed E-state index contributed by atoms with van der Waals surface area (Å²) in [5, 5.41) is 11.1. The molecule has 0 aromatic heterocycles. The number of methoxy groups -OCH3 is 1. The molecule has 1 aromatic carbocycles. The highest BCUT2D eigenvalue weighted by atomic mass is 19.1. The molecule has 0 saturated carbocycles. The summed E-state index contributed by atoms with van der Waals surface area (Å²) < 4.78 is 31.5. The maximum atomic E-state index is 13.3. The van der Waals surface area contributed by atoms with E-state index in [-0.39, 0.29) is 11.3 Å². The average molecular weight is 226 g/mol. The van der Waals surface area contributed by atoms with Crippen molar-refractivity contribution in [1.29, 1.82) is 5.26 Å². The molecule has 0 unspecified atom stereocenters. The molecule has 0 radical (unpaired) electrons. The molecule has 1 rings (SSSR count). The van der Waals surface area contributed by atoms with Crippen molar-refractivity contribution in [1.82, 2.24) is 0 Å². The van der Waals surface area contributed by atoms with Crippen LogP contribution in [0, 0.1) is 23.0 Å². The van der Waals surface area contributed by atoms with E-state index in [1.165, 1.54) is 0 Å². The molecular weight excluding hydrogens is 214 g/mol. The lowest BCUT2D eigenvalue weighted by Gasteiger charge is -2.08. The molecule has 3 nitrogen and oxygen atoms in total. The molecule has 5 heteroatoms. The second-order valence-corrected chi connectivity index (χ2v) is 3.20. The topological polar surface area (TPSA) is 45.0 Å². The van der Waals surface area contributed by atoms with Gasteiger partial charge in [-0.15, -0.1) is 0 Å². The molecule has 0 aliphatic carbocycles. The van der Waals surface area contributed by atoms with Crippen molar-refractivity contribution in [2.45, 2.75) is 6.42 Å². The Bertz CT molecular complexity index is 378. The van der Waals surface area contributed by atoms with Gasteiger partial charge in [0.25, 0.3) is 0 Å². The molecule has 0 aliphatic rings. The molecular formula is C11H12F2N2O. The van der Waals surface area contributed by atoms with Crippen molar-refractivity contribution in [3.63, 3.8) is 0 Å². The monoisotopic (exact) mass is 226 g/mol. The second-order valence-electron chi connectivity index (χ2n) is 3.20. The number of ether oxygens (including phenoxy) is 1. The molecule has 0 heterocycles. The van der Waals surface area contributed by atoms with E-state index in [1.54, 1.807) is 13.2 Å². The largest absolute Gasteiger partial charge is 0.385 e. The molecule has 86 valence electrons. The second kappa shape index (κ2) is 6.03. The average Bonchev–Trinajstić information content (AvgIpc) is 2.26. The van der Waals surface area contributed by atoms with Gasteiger partial charge < -0.3 is 10.1 Å². The van der Waals surface area contributed by atoms with Crippen LogP contribution in [0.15, 0.2) is 12.1 Å². The van der Waals surface area contributed by atoms with Crippen LogP contribution in [0.5, 0.6) is 0 Å². The van der Waals surface area contributed by atoms with E-state index in [0.717, 1.165) is 12.1 Å². The highest BCUT2D eigenvalue weighted by Gasteiger charge is 2.10. The van der Waals surface area contributed by atoms with Gasteiger partial charge >= 0.3 is 0 Å². The maximum absolute atomic E-state index is 13.3. The number of nitrogens with one attached hydrogen (secondary N) is 1. The molecule has 1 N–H and O–H groups in total. The van der Waals surface area contributed by atoms with Crippen molar-refractivity contribution < 1.29 is 13.5 Å². The predicted octanol–water partition coefficient (Wildman–Crippen LogP) is 2.28. The normalized spacial score (nSPS) is 9.88. The summed E-state index contributed by atoms with van der Waals surface area (Å²) in [6, 6.07) is 3.69. The van der Waals surface area contributed by atoms with E-state index < -0.39 is 11.6 Å². The highest BCUT2D eigenvalue weighted by molar-refractivity contribution is 5.50. The predicted molar refractivity (Wildman–Crippen MR) is 56.1 cm³/mol. The number of halogens is 2. The molecule has 16 heavy (non-hydrogen) atoms. The van der Waals surface area contributed by atoms with E-state index in [0.29, 0.717) is 19.6 Å². The third kappa shape index (κ3) is 3.17. The minimum atomic E-state index is -0.756. The van der Waals surface area contributed by atoms with Crippen LogP contribution in [-0.2, 0) is 4.74 Å². The van der Waals surface area contributed by atoms with Gasteiger partial charge in [-0.25, -0.2) is 8.78 Å². The van der Waals surface area contributed by atoms with E-state index >= 15 is 0 Å². The Morgan fingerprint density at radius 3 is 2.50 bits per heavy atom. The lowest BCUT2D eigenvalue weighted by atomic mass is 10.2. The summed E-state index contributed by atoms with van der Waals surface area (Å²) in [6.45, 7) is 0.931. The summed E-state index contributed by atoms with van der Waals surface area (Å²) in [5.74, 6) is -1.51. The number of nitriles is 1. The minimum absolute atomic E-state index is 0.0301. The summed E-state index contributed by atoms with van der Waals surface area (Å²) in [4.78, 5) is 0. The SMILES string of the molecule is COCCCNc1c(F)cc(C#N)cc1F. The summed E-state index contributed by atoms with van der Waals surface area (Å²) in [5.41, 5.74) is -0.229. The fraction of sp³-hybridized carbons (Fsp3) is 0.364. The van der Waals surface area contributed by atoms with Crippen molar-refractivity contribution in [2.24, 2.45) is 0 Å². The van der Waals surface area contributed by atoms with Crippen LogP contribution in [0.4, 0.5) is 14.5 Å². The lowest BCUT2D eigenvalue weighted by molar-refractivity contribution is 0.197. The van der Waals surface area contributed by atoms with Crippen molar-refractivity contribution in [2.75, 3.05) is 25.6 Å². The first-order valence-corrected chi connectivity index (χ1v) is 4.81. The summed E-state index contributed by atoms with van der Waals surface area (Å²) in [6.07, 6.45) is 0.648. The van der Waals surface area contributed by atoms with Crippen LogP contribution in [0.3, 0.4) is 0 Å². The lowest BCUT2D eigenvalue weighted by Crippen LogP contribution is -2.08. The van der Waals surface area contributed by atoms with E-state index in [9.17, 15) is 8.78 Å². The van der Waals surface area contributed by atoms with Gasteiger partial charge in [0.2, 0.25) is 0 Å². The fourth-order valence-corrected chi connectivity index (χ4v) is 1.24. The molecule has 0 amide bonds. The molecule has 0 atom stereocenters. The van der Waals surface area contributed by atoms with Crippen LogP contribution < -0.4 is 5.32 Å². The van der Waals surface area contributed by atoms with Gasteiger partial charge in [-0.3, -0.25) is 0 Å². The van der Waals surface area contributed by atoms with Gasteiger partial charge in [0, 0.05) is 20.3 Å². The Morgan fingerprint density at radius 2 is 2.00 bits per heavy atom. The zero-order chi connectivity index (χ0) is 12.0. The van der Waals surface area contributed by atoms with Crippen LogP contribution in [0.25, 0.3) is 0 Å². The Morgan fingerprint density at radius 1 is 1.38 bits per heavy atom. The van der Waals surface area contributed by atoms with E-state index in [2.05, 4.69) is 5.32 Å². The zero-order valence-electron chi connectivity index (χ0n) is 8.89. The van der Waals surface area contributed by atoms with Gasteiger partial charge in [0.1, 0.15) is 5.69 Å². The Kier molecular flexibility index (Phi) is 4.67. The molecule has 0 fully saturated rings. The van der Waals surface area contributed by atoms with E-state index in [4.69, 9.17) is 10.00 Å². The fourth-order valence-electron chi connectivity index (χ4n) is 1.24. The zero-order valence-corrected chi connectivity index (χ0v) is 8.89. The van der Waals surface area contributed by atoms with Crippen molar-refractivity contribution >= 4 is 5.69 Å². The number of anilines is 1. The first-order valence-electron chi connectivity index (χ1n) is 4.81. The third-order valence-corrected chi connectivity index (χ3v) is 2.00. The van der Waals surface area contributed by atoms with Crippen LogP contribution >= 0.6 is 0 Å². The highest BCUT2D eigenvalue weighted by Crippen LogP contribution is 2.20. The van der Waals surface area contributed by atoms with Crippen LogP contribution in [0.2, 0.25) is 0 Å².